The van der Waals surface area contributed by atoms with E-state index < -0.39 is 0 Å². The Morgan fingerprint density at radius 2 is 1.86 bits per heavy atom. The Labute approximate surface area is 208 Å². The van der Waals surface area contributed by atoms with Gasteiger partial charge in [0.15, 0.2) is 5.82 Å². The summed E-state index contributed by atoms with van der Waals surface area (Å²) in [4.78, 5) is 27.5. The van der Waals surface area contributed by atoms with E-state index >= 15 is 0 Å². The highest BCUT2D eigenvalue weighted by atomic mass is 16.2. The summed E-state index contributed by atoms with van der Waals surface area (Å²) in [6.07, 6.45) is 9.20. The summed E-state index contributed by atoms with van der Waals surface area (Å²) in [5.41, 5.74) is 7.59. The minimum absolute atomic E-state index is 0.0790. The van der Waals surface area contributed by atoms with Gasteiger partial charge in [-0.25, -0.2) is 4.98 Å². The second kappa shape index (κ2) is 8.48. The fourth-order valence-corrected chi connectivity index (χ4v) is 5.15. The molecule has 2 fully saturated rings. The number of aromatic nitrogens is 5. The van der Waals surface area contributed by atoms with Crippen molar-refractivity contribution in [3.63, 3.8) is 0 Å². The van der Waals surface area contributed by atoms with Crippen molar-refractivity contribution in [2.75, 3.05) is 23.3 Å². The number of nitrogens with zero attached hydrogens (tertiary/aromatic N) is 4. The van der Waals surface area contributed by atoms with Crippen LogP contribution in [0.1, 0.15) is 32.1 Å². The molecule has 0 atom stereocenters. The van der Waals surface area contributed by atoms with Crippen molar-refractivity contribution in [1.82, 2.24) is 25.1 Å². The number of imidazole rings is 1. The lowest BCUT2D eigenvalue weighted by Gasteiger charge is -2.28. The first-order chi connectivity index (χ1) is 17.7. The van der Waals surface area contributed by atoms with E-state index in [-0.39, 0.29) is 11.8 Å². The number of hydrogen-bond donors (Lipinski definition) is 3. The number of piperidine rings is 1. The van der Waals surface area contributed by atoms with Crippen molar-refractivity contribution in [2.45, 2.75) is 32.1 Å². The lowest BCUT2D eigenvalue weighted by molar-refractivity contribution is -0.117. The van der Waals surface area contributed by atoms with Crippen molar-refractivity contribution in [1.29, 1.82) is 0 Å². The predicted octanol–water partition coefficient (Wildman–Crippen LogP) is 5.51. The number of nitrogens with one attached hydrogen (secondary N) is 3. The van der Waals surface area contributed by atoms with Crippen LogP contribution in [-0.4, -0.2) is 44.1 Å². The maximum atomic E-state index is 12.2. The van der Waals surface area contributed by atoms with Gasteiger partial charge in [0.1, 0.15) is 11.2 Å². The summed E-state index contributed by atoms with van der Waals surface area (Å²) >= 11 is 0. The molecule has 36 heavy (non-hydrogen) atoms. The highest BCUT2D eigenvalue weighted by Crippen LogP contribution is 2.34. The van der Waals surface area contributed by atoms with Gasteiger partial charge >= 0.3 is 0 Å². The average molecular weight is 478 g/mol. The minimum Gasteiger partial charge on any atom is -0.370 e. The average Bonchev–Trinajstić information content (AvgIpc) is 3.55. The molecule has 180 valence electrons. The number of hydrogen-bond acceptors (Lipinski definition) is 5. The van der Waals surface area contributed by atoms with E-state index in [9.17, 15) is 4.79 Å². The van der Waals surface area contributed by atoms with Crippen LogP contribution < -0.4 is 10.2 Å². The summed E-state index contributed by atoms with van der Waals surface area (Å²) in [6.45, 7) is 2.15. The molecule has 1 amide bonds. The molecule has 2 aromatic carbocycles. The maximum Gasteiger partial charge on any atom is 0.227 e. The number of aromatic amines is 2. The smallest absolute Gasteiger partial charge is 0.227 e. The Balaban J connectivity index is 1.25. The normalized spacial score (nSPS) is 16.1. The SMILES string of the molecule is O=C(Nc1cncc(-c2ccc3[nH]nc(-c4nc5c(N6CCCCC6)cccc5[nH]4)c3c2)c1)C1CC1. The summed E-state index contributed by atoms with van der Waals surface area (Å²) in [5.74, 6) is 0.981. The lowest BCUT2D eigenvalue weighted by atomic mass is 10.0. The fraction of sp³-hybridized carbons (Fsp3) is 0.286. The molecule has 3 N–H and O–H groups in total. The first-order valence-corrected chi connectivity index (χ1v) is 12.7. The van der Waals surface area contributed by atoms with Crippen LogP contribution in [-0.2, 0) is 4.79 Å². The number of fused-ring (bicyclic) bond motifs is 2. The number of benzene rings is 2. The molecule has 4 heterocycles. The number of amides is 1. The third kappa shape index (κ3) is 3.79. The molecular formula is C28H27N7O. The molecule has 1 saturated carbocycles. The van der Waals surface area contributed by atoms with Crippen molar-refractivity contribution < 1.29 is 4.79 Å². The molecule has 1 saturated heterocycles. The number of carbonyl (C=O) groups excluding carboxylic acids is 1. The molecule has 1 aliphatic heterocycles. The van der Waals surface area contributed by atoms with E-state index in [1.807, 2.05) is 24.4 Å². The molecule has 5 aromatic rings. The second-order valence-corrected chi connectivity index (χ2v) is 9.86. The second-order valence-electron chi connectivity index (χ2n) is 9.86. The third-order valence-electron chi connectivity index (χ3n) is 7.26. The molecule has 0 bridgehead atoms. The van der Waals surface area contributed by atoms with Crippen LogP contribution in [0.25, 0.3) is 44.6 Å². The number of para-hydroxylation sites is 1. The van der Waals surface area contributed by atoms with Crippen LogP contribution in [0.2, 0.25) is 0 Å². The summed E-state index contributed by atoms with van der Waals surface area (Å²) in [6, 6.07) is 14.5. The Bertz CT molecular complexity index is 1590. The van der Waals surface area contributed by atoms with Crippen molar-refractivity contribution in [3.8, 4) is 22.6 Å². The monoisotopic (exact) mass is 477 g/mol. The largest absolute Gasteiger partial charge is 0.370 e. The van der Waals surface area contributed by atoms with Crippen molar-refractivity contribution >= 4 is 39.2 Å². The van der Waals surface area contributed by atoms with Gasteiger partial charge in [-0.15, -0.1) is 0 Å². The zero-order valence-electron chi connectivity index (χ0n) is 19.9. The van der Waals surface area contributed by atoms with Crippen LogP contribution in [0.3, 0.4) is 0 Å². The van der Waals surface area contributed by atoms with Crippen molar-refractivity contribution in [2.24, 2.45) is 5.92 Å². The number of rotatable bonds is 5. The number of H-pyrrole nitrogens is 2. The van der Waals surface area contributed by atoms with Gasteiger partial charge < -0.3 is 15.2 Å². The molecule has 0 unspecified atom stereocenters. The number of anilines is 2. The Kier molecular flexibility index (Phi) is 4.97. The van der Waals surface area contributed by atoms with Gasteiger partial charge in [-0.05, 0) is 68.0 Å². The van der Waals surface area contributed by atoms with Gasteiger partial charge in [0.25, 0.3) is 0 Å². The summed E-state index contributed by atoms with van der Waals surface area (Å²) in [7, 11) is 0. The molecule has 0 radical (unpaired) electrons. The van der Waals surface area contributed by atoms with Gasteiger partial charge in [-0.1, -0.05) is 12.1 Å². The molecular weight excluding hydrogens is 450 g/mol. The first-order valence-electron chi connectivity index (χ1n) is 12.7. The summed E-state index contributed by atoms with van der Waals surface area (Å²) < 4.78 is 0. The molecule has 0 spiro atoms. The van der Waals surface area contributed by atoms with Gasteiger partial charge in [-0.3, -0.25) is 14.9 Å². The molecule has 8 heteroatoms. The van der Waals surface area contributed by atoms with Crippen LogP contribution >= 0.6 is 0 Å². The van der Waals surface area contributed by atoms with E-state index in [0.29, 0.717) is 0 Å². The van der Waals surface area contributed by atoms with Crippen LogP contribution in [0.5, 0.6) is 0 Å². The van der Waals surface area contributed by atoms with E-state index in [2.05, 4.69) is 54.6 Å². The van der Waals surface area contributed by atoms with Gasteiger partial charge in [0.2, 0.25) is 5.91 Å². The van der Waals surface area contributed by atoms with E-state index in [4.69, 9.17) is 4.98 Å². The Hall–Kier alpha value is -4.20. The first kappa shape index (κ1) is 21.1. The van der Waals surface area contributed by atoms with Crippen LogP contribution in [0, 0.1) is 5.92 Å². The molecule has 3 aromatic heterocycles. The highest BCUT2D eigenvalue weighted by Gasteiger charge is 2.29. The standard InChI is InChI=1S/C28H27N7O/c36-28(17-7-8-17)30-20-13-19(15-29-16-20)18-9-10-22-21(14-18)25(34-33-22)27-31-23-5-4-6-24(26(23)32-27)35-11-2-1-3-12-35/h4-6,9-10,13-17H,1-3,7-8,11-12H2,(H,30,36)(H,31,32)(H,33,34). The fourth-order valence-electron chi connectivity index (χ4n) is 5.15. The van der Waals surface area contributed by atoms with E-state index in [0.717, 1.165) is 76.2 Å². The quantitative estimate of drug-likeness (QED) is 0.310. The Morgan fingerprint density at radius 1 is 0.972 bits per heavy atom. The van der Waals surface area contributed by atoms with Crippen LogP contribution in [0.4, 0.5) is 11.4 Å². The molecule has 1 aliphatic carbocycles. The highest BCUT2D eigenvalue weighted by molar-refractivity contribution is 5.98. The molecule has 2 aliphatic rings. The molecule has 7 rings (SSSR count). The molecule has 8 nitrogen and oxygen atoms in total. The van der Waals surface area contributed by atoms with E-state index in [1.165, 1.54) is 24.9 Å². The summed E-state index contributed by atoms with van der Waals surface area (Å²) in [5, 5.41) is 11.7. The van der Waals surface area contributed by atoms with Gasteiger partial charge in [-0.2, -0.15) is 5.10 Å². The van der Waals surface area contributed by atoms with Crippen LogP contribution in [0.15, 0.2) is 54.9 Å². The van der Waals surface area contributed by atoms with Crippen molar-refractivity contribution in [3.05, 3.63) is 54.9 Å². The maximum absolute atomic E-state index is 12.2. The van der Waals surface area contributed by atoms with Gasteiger partial charge in [0, 0.05) is 36.2 Å². The minimum atomic E-state index is 0.0790. The zero-order chi connectivity index (χ0) is 24.1. The lowest BCUT2D eigenvalue weighted by Crippen LogP contribution is -2.29. The Morgan fingerprint density at radius 3 is 2.72 bits per heavy atom. The predicted molar refractivity (Wildman–Crippen MR) is 142 cm³/mol. The topological polar surface area (TPSA) is 103 Å². The third-order valence-corrected chi connectivity index (χ3v) is 7.26. The number of carbonyl (C=O) groups is 1. The number of pyridine rings is 1. The van der Waals surface area contributed by atoms with Gasteiger partial charge in [0.05, 0.1) is 28.6 Å². The zero-order valence-corrected chi connectivity index (χ0v) is 19.9. The van der Waals surface area contributed by atoms with E-state index in [1.54, 1.807) is 6.20 Å².